The quantitative estimate of drug-likeness (QED) is 0.187. The summed E-state index contributed by atoms with van der Waals surface area (Å²) in [5.41, 5.74) is 1.25. The van der Waals surface area contributed by atoms with Crippen LogP contribution in [0.4, 0.5) is 0 Å². The van der Waals surface area contributed by atoms with Crippen LogP contribution in [0.15, 0.2) is 60.7 Å². The molecular weight excluding hydrogens is 544 g/mol. The van der Waals surface area contributed by atoms with Gasteiger partial charge in [-0.2, -0.15) is 0 Å². The Hall–Kier alpha value is -3.52. The third-order valence-corrected chi connectivity index (χ3v) is 6.75. The van der Waals surface area contributed by atoms with Crippen LogP contribution in [0.3, 0.4) is 0 Å². The summed E-state index contributed by atoms with van der Waals surface area (Å²) in [6.45, 7) is 11.8. The van der Waals surface area contributed by atoms with Crippen LogP contribution in [-0.2, 0) is 41.5 Å². The number of hydrogen-bond acceptors (Lipinski definition) is 7. The molecule has 8 heteroatoms. The van der Waals surface area contributed by atoms with E-state index >= 15 is 0 Å². The summed E-state index contributed by atoms with van der Waals surface area (Å²) in [5, 5.41) is 6.14. The molecule has 2 aromatic rings. The average molecular weight is 595 g/mol. The topological polar surface area (TPSA) is 111 Å². The number of ether oxygens (including phenoxy) is 2. The molecule has 0 radical (unpaired) electrons. The fourth-order valence-corrected chi connectivity index (χ4v) is 4.43. The second kappa shape index (κ2) is 17.6. The maximum absolute atomic E-state index is 13.0. The van der Waals surface area contributed by atoms with Gasteiger partial charge in [0.2, 0.25) is 5.91 Å². The van der Waals surface area contributed by atoms with Crippen molar-refractivity contribution in [2.45, 2.75) is 104 Å². The van der Waals surface area contributed by atoms with E-state index in [1.54, 1.807) is 0 Å². The standard InChI is InChI=1S/C35H50N2O6/c1-34(2,3)30(38)20-13-14-21-31(39)36-28(24-26-16-9-7-10-17-26)32(40)42-22-15-23-43-33(41)29(37-35(4,5)6)25-27-18-11-8-12-19-27/h7-12,16-19,28-29,37H,13-15,20-25H2,1-6H3,(H,36,39). The van der Waals surface area contributed by atoms with Gasteiger partial charge < -0.3 is 14.8 Å². The molecule has 2 unspecified atom stereocenters. The van der Waals surface area contributed by atoms with E-state index in [-0.39, 0.29) is 42.8 Å². The minimum atomic E-state index is -0.847. The first-order valence-corrected chi connectivity index (χ1v) is 15.3. The van der Waals surface area contributed by atoms with E-state index in [2.05, 4.69) is 10.6 Å². The first-order chi connectivity index (χ1) is 20.2. The predicted octanol–water partition coefficient (Wildman–Crippen LogP) is 5.37. The van der Waals surface area contributed by atoms with Gasteiger partial charge >= 0.3 is 11.9 Å². The van der Waals surface area contributed by atoms with E-state index in [0.29, 0.717) is 38.5 Å². The third-order valence-electron chi connectivity index (χ3n) is 6.75. The van der Waals surface area contributed by atoms with Crippen molar-refractivity contribution in [3.63, 3.8) is 0 Å². The highest BCUT2D eigenvalue weighted by atomic mass is 16.5. The Morgan fingerprint density at radius 3 is 1.60 bits per heavy atom. The maximum atomic E-state index is 13.0. The molecule has 236 valence electrons. The van der Waals surface area contributed by atoms with Gasteiger partial charge in [-0.1, -0.05) is 81.4 Å². The van der Waals surface area contributed by atoms with Gasteiger partial charge in [-0.05, 0) is 51.2 Å². The second-order valence-corrected chi connectivity index (χ2v) is 13.0. The lowest BCUT2D eigenvalue weighted by Crippen LogP contribution is -2.49. The summed E-state index contributed by atoms with van der Waals surface area (Å²) in [7, 11) is 0. The number of benzene rings is 2. The number of nitrogens with one attached hydrogen (secondary N) is 2. The van der Waals surface area contributed by atoms with Gasteiger partial charge in [0.1, 0.15) is 17.9 Å². The third kappa shape index (κ3) is 15.0. The Morgan fingerprint density at radius 1 is 0.651 bits per heavy atom. The molecule has 0 heterocycles. The highest BCUT2D eigenvalue weighted by Crippen LogP contribution is 2.18. The number of carbonyl (C=O) groups is 4. The Morgan fingerprint density at radius 2 is 1.12 bits per heavy atom. The SMILES string of the molecule is CC(C)(C)NC(Cc1ccccc1)C(=O)OCCCOC(=O)C(Cc1ccccc1)NC(=O)CCCCC(=O)C(C)(C)C. The molecule has 2 rings (SSSR count). The Bertz CT molecular complexity index is 1150. The van der Waals surface area contributed by atoms with Crippen molar-refractivity contribution in [3.05, 3.63) is 71.8 Å². The molecular formula is C35H50N2O6. The van der Waals surface area contributed by atoms with Gasteiger partial charge in [0.15, 0.2) is 0 Å². The zero-order chi connectivity index (χ0) is 31.9. The van der Waals surface area contributed by atoms with Crippen LogP contribution in [0.2, 0.25) is 0 Å². The summed E-state index contributed by atoms with van der Waals surface area (Å²) in [5.74, 6) is -0.988. The van der Waals surface area contributed by atoms with Crippen molar-refractivity contribution in [2.75, 3.05) is 13.2 Å². The van der Waals surface area contributed by atoms with E-state index in [1.165, 1.54) is 0 Å². The van der Waals surface area contributed by atoms with Gasteiger partial charge in [0.05, 0.1) is 13.2 Å². The highest BCUT2D eigenvalue weighted by Gasteiger charge is 2.26. The van der Waals surface area contributed by atoms with E-state index in [0.717, 1.165) is 11.1 Å². The number of unbranched alkanes of at least 4 members (excludes halogenated alkanes) is 1. The van der Waals surface area contributed by atoms with Crippen LogP contribution in [0, 0.1) is 5.41 Å². The molecule has 0 saturated heterocycles. The molecule has 1 amide bonds. The summed E-state index contributed by atoms with van der Waals surface area (Å²) in [6, 6.07) is 17.8. The van der Waals surface area contributed by atoms with E-state index in [4.69, 9.17) is 9.47 Å². The minimum Gasteiger partial charge on any atom is -0.464 e. The van der Waals surface area contributed by atoms with Crippen LogP contribution in [0.1, 0.15) is 84.8 Å². The molecule has 0 aliphatic carbocycles. The molecule has 43 heavy (non-hydrogen) atoms. The number of carbonyl (C=O) groups excluding carboxylic acids is 4. The monoisotopic (exact) mass is 594 g/mol. The van der Waals surface area contributed by atoms with Crippen LogP contribution >= 0.6 is 0 Å². The molecule has 2 atom stereocenters. The van der Waals surface area contributed by atoms with Gasteiger partial charge in [0.25, 0.3) is 0 Å². The van der Waals surface area contributed by atoms with Crippen molar-refractivity contribution in [1.82, 2.24) is 10.6 Å². The van der Waals surface area contributed by atoms with Crippen molar-refractivity contribution in [1.29, 1.82) is 0 Å². The largest absolute Gasteiger partial charge is 0.464 e. The number of rotatable bonds is 17. The normalized spacial score (nSPS) is 13.1. The molecule has 8 nitrogen and oxygen atoms in total. The van der Waals surface area contributed by atoms with E-state index in [1.807, 2.05) is 102 Å². The smallest absolute Gasteiger partial charge is 0.328 e. The Balaban J connectivity index is 1.85. The Labute approximate surface area is 257 Å². The molecule has 0 bridgehead atoms. The highest BCUT2D eigenvalue weighted by molar-refractivity contribution is 5.85. The van der Waals surface area contributed by atoms with Gasteiger partial charge in [-0.25, -0.2) is 4.79 Å². The van der Waals surface area contributed by atoms with Crippen LogP contribution in [0.5, 0.6) is 0 Å². The molecule has 0 saturated carbocycles. The van der Waals surface area contributed by atoms with Crippen LogP contribution < -0.4 is 10.6 Å². The lowest BCUT2D eigenvalue weighted by atomic mass is 9.88. The number of Topliss-reactive ketones (excluding diaryl/α,β-unsaturated/α-hetero) is 1. The molecule has 2 N–H and O–H groups in total. The van der Waals surface area contributed by atoms with E-state index in [9.17, 15) is 19.2 Å². The zero-order valence-electron chi connectivity index (χ0n) is 26.7. The summed E-state index contributed by atoms with van der Waals surface area (Å²) >= 11 is 0. The van der Waals surface area contributed by atoms with Gasteiger partial charge in [-0.3, -0.25) is 19.7 Å². The van der Waals surface area contributed by atoms with Gasteiger partial charge in [0, 0.05) is 36.6 Å². The first kappa shape index (κ1) is 35.7. The van der Waals surface area contributed by atoms with Crippen molar-refractivity contribution in [2.24, 2.45) is 5.41 Å². The van der Waals surface area contributed by atoms with Crippen molar-refractivity contribution >= 4 is 23.6 Å². The lowest BCUT2D eigenvalue weighted by Gasteiger charge is -2.27. The number of hydrogen-bond donors (Lipinski definition) is 2. The van der Waals surface area contributed by atoms with Crippen LogP contribution in [0.25, 0.3) is 0 Å². The lowest BCUT2D eigenvalue weighted by molar-refractivity contribution is -0.150. The maximum Gasteiger partial charge on any atom is 0.328 e. The number of amides is 1. The van der Waals surface area contributed by atoms with Crippen LogP contribution in [-0.4, -0.2) is 54.5 Å². The second-order valence-electron chi connectivity index (χ2n) is 13.0. The fourth-order valence-electron chi connectivity index (χ4n) is 4.43. The molecule has 0 fully saturated rings. The fraction of sp³-hybridized carbons (Fsp3) is 0.543. The van der Waals surface area contributed by atoms with Gasteiger partial charge in [-0.15, -0.1) is 0 Å². The van der Waals surface area contributed by atoms with E-state index < -0.39 is 23.5 Å². The molecule has 0 aliphatic heterocycles. The number of ketones is 1. The summed E-state index contributed by atoms with van der Waals surface area (Å²) < 4.78 is 11.0. The summed E-state index contributed by atoms with van der Waals surface area (Å²) in [6.07, 6.45) is 2.95. The van der Waals surface area contributed by atoms with Crippen molar-refractivity contribution < 1.29 is 28.7 Å². The first-order valence-electron chi connectivity index (χ1n) is 15.3. The molecule has 0 spiro atoms. The zero-order valence-corrected chi connectivity index (χ0v) is 26.7. The molecule has 2 aromatic carbocycles. The Kier molecular flexibility index (Phi) is 14.6. The summed E-state index contributed by atoms with van der Waals surface area (Å²) in [4.78, 5) is 50.7. The predicted molar refractivity (Wildman–Crippen MR) is 168 cm³/mol. The average Bonchev–Trinajstić information content (AvgIpc) is 2.94. The number of esters is 2. The molecule has 0 aromatic heterocycles. The molecule has 0 aliphatic rings. The minimum absolute atomic E-state index is 0.0538. The van der Waals surface area contributed by atoms with Crippen molar-refractivity contribution in [3.8, 4) is 0 Å².